The molecule has 1 aromatic carbocycles. The lowest BCUT2D eigenvalue weighted by molar-refractivity contribution is 0.367. The van der Waals surface area contributed by atoms with E-state index >= 15 is 0 Å². The number of pyridine rings is 1. The Bertz CT molecular complexity index is 1050. The standard InChI is InChI=1S/C23H31FN6O2/c1-4-5-6-16(17(25)12-24)18-9-10-19-21(28-18)22(26)30-23(29-19)27-13-14-7-8-15(31-2)11-20(14)32-3/h7-11,16-17H,4-6,12-13,25H2,1-3H3,(H3,26,27,29,30)/t16-,17?/m1/s1. The number of alkyl halides is 1. The van der Waals surface area contributed by atoms with Crippen molar-refractivity contribution in [2.75, 3.05) is 31.9 Å². The predicted octanol–water partition coefficient (Wildman–Crippen LogP) is 3.81. The number of aromatic nitrogens is 3. The summed E-state index contributed by atoms with van der Waals surface area (Å²) < 4.78 is 24.0. The Kier molecular flexibility index (Phi) is 7.99. The van der Waals surface area contributed by atoms with Crippen LogP contribution in [0.1, 0.15) is 43.4 Å². The van der Waals surface area contributed by atoms with Crippen molar-refractivity contribution in [1.82, 2.24) is 15.0 Å². The summed E-state index contributed by atoms with van der Waals surface area (Å²) in [6.07, 6.45) is 2.72. The second-order valence-corrected chi connectivity index (χ2v) is 7.63. The Morgan fingerprint density at radius 1 is 1.09 bits per heavy atom. The van der Waals surface area contributed by atoms with Crippen LogP contribution in [0.4, 0.5) is 16.2 Å². The number of hydrogen-bond acceptors (Lipinski definition) is 8. The molecule has 9 heteroatoms. The maximum atomic E-state index is 13.3. The number of nitrogens with one attached hydrogen (secondary N) is 1. The molecule has 1 unspecified atom stereocenters. The van der Waals surface area contributed by atoms with Gasteiger partial charge in [-0.05, 0) is 30.7 Å². The molecule has 0 saturated carbocycles. The molecule has 0 bridgehead atoms. The Labute approximate surface area is 187 Å². The van der Waals surface area contributed by atoms with E-state index in [1.165, 1.54) is 0 Å². The van der Waals surface area contributed by atoms with Crippen molar-refractivity contribution < 1.29 is 13.9 Å². The first-order chi connectivity index (χ1) is 15.5. The molecule has 0 aliphatic rings. The first-order valence-electron chi connectivity index (χ1n) is 10.7. The van der Waals surface area contributed by atoms with Gasteiger partial charge in [0.2, 0.25) is 5.95 Å². The number of nitrogens with two attached hydrogens (primary N) is 2. The average molecular weight is 443 g/mol. The molecule has 2 aromatic heterocycles. The normalized spacial score (nSPS) is 13.0. The second kappa shape index (κ2) is 10.9. The zero-order valence-electron chi connectivity index (χ0n) is 18.8. The van der Waals surface area contributed by atoms with E-state index in [2.05, 4.69) is 27.2 Å². The molecule has 0 spiro atoms. The van der Waals surface area contributed by atoms with E-state index in [1.807, 2.05) is 30.3 Å². The van der Waals surface area contributed by atoms with Crippen molar-refractivity contribution in [2.45, 2.75) is 44.7 Å². The lowest BCUT2D eigenvalue weighted by Crippen LogP contribution is -2.31. The highest BCUT2D eigenvalue weighted by Crippen LogP contribution is 2.28. The fourth-order valence-corrected chi connectivity index (χ4v) is 3.62. The quantitative estimate of drug-likeness (QED) is 0.410. The van der Waals surface area contributed by atoms with Crippen molar-refractivity contribution in [2.24, 2.45) is 5.73 Å². The van der Waals surface area contributed by atoms with Gasteiger partial charge in [0.25, 0.3) is 0 Å². The number of methoxy groups -OCH3 is 2. The molecule has 2 heterocycles. The number of fused-ring (bicyclic) bond motifs is 1. The number of hydrogen-bond donors (Lipinski definition) is 3. The highest BCUT2D eigenvalue weighted by atomic mass is 19.1. The Morgan fingerprint density at radius 3 is 2.59 bits per heavy atom. The van der Waals surface area contributed by atoms with Crippen LogP contribution in [0, 0.1) is 0 Å². The fourth-order valence-electron chi connectivity index (χ4n) is 3.62. The molecule has 0 aliphatic heterocycles. The summed E-state index contributed by atoms with van der Waals surface area (Å²) in [7, 11) is 3.21. The number of halogens is 1. The summed E-state index contributed by atoms with van der Waals surface area (Å²) in [5.41, 5.74) is 15.0. The average Bonchev–Trinajstić information content (AvgIpc) is 2.82. The lowest BCUT2D eigenvalue weighted by atomic mass is 9.91. The van der Waals surface area contributed by atoms with Crippen LogP contribution in [0.25, 0.3) is 11.0 Å². The first kappa shape index (κ1) is 23.5. The zero-order valence-corrected chi connectivity index (χ0v) is 18.8. The first-order valence-corrected chi connectivity index (χ1v) is 10.7. The molecule has 0 amide bonds. The molecule has 2 atom stereocenters. The van der Waals surface area contributed by atoms with Gasteiger partial charge in [0.15, 0.2) is 5.82 Å². The van der Waals surface area contributed by atoms with Crippen molar-refractivity contribution >= 4 is 22.8 Å². The highest BCUT2D eigenvalue weighted by molar-refractivity contribution is 5.85. The Morgan fingerprint density at radius 2 is 1.91 bits per heavy atom. The number of unbranched alkanes of at least 4 members (excludes halogenated alkanes) is 1. The largest absolute Gasteiger partial charge is 0.497 e. The van der Waals surface area contributed by atoms with Crippen LogP contribution in [0.5, 0.6) is 11.5 Å². The second-order valence-electron chi connectivity index (χ2n) is 7.63. The summed E-state index contributed by atoms with van der Waals surface area (Å²) in [6.45, 7) is 1.93. The van der Waals surface area contributed by atoms with Gasteiger partial charge in [-0.15, -0.1) is 0 Å². The minimum absolute atomic E-state index is 0.177. The molecule has 0 saturated heterocycles. The number of benzene rings is 1. The van der Waals surface area contributed by atoms with Crippen LogP contribution in [0.3, 0.4) is 0 Å². The molecule has 172 valence electrons. The zero-order chi connectivity index (χ0) is 23.1. The molecule has 8 nitrogen and oxygen atoms in total. The summed E-state index contributed by atoms with van der Waals surface area (Å²) in [6, 6.07) is 8.66. The van der Waals surface area contributed by atoms with E-state index in [0.29, 0.717) is 35.0 Å². The Balaban J connectivity index is 1.83. The molecule has 5 N–H and O–H groups in total. The monoisotopic (exact) mass is 442 g/mol. The van der Waals surface area contributed by atoms with Crippen LogP contribution in [-0.4, -0.2) is 41.9 Å². The van der Waals surface area contributed by atoms with Gasteiger partial charge in [-0.3, -0.25) is 0 Å². The third-order valence-electron chi connectivity index (χ3n) is 5.47. The molecule has 3 rings (SSSR count). The Hall–Kier alpha value is -3.20. The number of ether oxygens (including phenoxy) is 2. The van der Waals surface area contributed by atoms with Crippen LogP contribution in [0.15, 0.2) is 30.3 Å². The maximum absolute atomic E-state index is 13.3. The van der Waals surface area contributed by atoms with Gasteiger partial charge < -0.3 is 26.3 Å². The SMILES string of the molecule is CCCC[C@@H](c1ccc2nc(NCc3ccc(OC)cc3OC)nc(N)c2n1)C(N)CF. The highest BCUT2D eigenvalue weighted by Gasteiger charge is 2.22. The molecule has 0 radical (unpaired) electrons. The number of nitrogens with zero attached hydrogens (tertiary/aromatic N) is 3. The molecule has 3 aromatic rings. The predicted molar refractivity (Wildman–Crippen MR) is 125 cm³/mol. The van der Waals surface area contributed by atoms with Crippen LogP contribution >= 0.6 is 0 Å². The van der Waals surface area contributed by atoms with Gasteiger partial charge in [-0.25, -0.2) is 14.4 Å². The number of nitrogen functional groups attached to an aromatic ring is 1. The molecular weight excluding hydrogens is 411 g/mol. The van der Waals surface area contributed by atoms with Crippen LogP contribution < -0.4 is 26.3 Å². The molecule has 0 aliphatic carbocycles. The molecular formula is C23H31FN6O2. The topological polar surface area (TPSA) is 121 Å². The number of anilines is 2. The van der Waals surface area contributed by atoms with Crippen LogP contribution in [0.2, 0.25) is 0 Å². The van der Waals surface area contributed by atoms with E-state index in [-0.39, 0.29) is 11.7 Å². The van der Waals surface area contributed by atoms with Crippen LogP contribution in [-0.2, 0) is 6.54 Å². The van der Waals surface area contributed by atoms with Gasteiger partial charge in [-0.1, -0.05) is 19.8 Å². The van der Waals surface area contributed by atoms with Crippen molar-refractivity contribution in [1.29, 1.82) is 0 Å². The summed E-state index contributed by atoms with van der Waals surface area (Å²) >= 11 is 0. The summed E-state index contributed by atoms with van der Waals surface area (Å²) in [5.74, 6) is 1.86. The minimum atomic E-state index is -0.603. The van der Waals surface area contributed by atoms with Crippen molar-refractivity contribution in [3.63, 3.8) is 0 Å². The van der Waals surface area contributed by atoms with Gasteiger partial charge in [-0.2, -0.15) is 4.98 Å². The van der Waals surface area contributed by atoms with Gasteiger partial charge in [0, 0.05) is 35.8 Å². The summed E-state index contributed by atoms with van der Waals surface area (Å²) in [5, 5.41) is 3.18. The van der Waals surface area contributed by atoms with E-state index < -0.39 is 12.7 Å². The van der Waals surface area contributed by atoms with E-state index in [0.717, 1.165) is 30.5 Å². The third kappa shape index (κ3) is 5.34. The van der Waals surface area contributed by atoms with E-state index in [9.17, 15) is 4.39 Å². The lowest BCUT2D eigenvalue weighted by Gasteiger charge is -2.21. The van der Waals surface area contributed by atoms with Gasteiger partial charge in [0.05, 0.1) is 19.7 Å². The molecule has 32 heavy (non-hydrogen) atoms. The fraction of sp³-hybridized carbons (Fsp3) is 0.435. The van der Waals surface area contributed by atoms with Crippen molar-refractivity contribution in [3.05, 3.63) is 41.6 Å². The van der Waals surface area contributed by atoms with E-state index in [1.54, 1.807) is 14.2 Å². The van der Waals surface area contributed by atoms with Gasteiger partial charge in [0.1, 0.15) is 23.7 Å². The third-order valence-corrected chi connectivity index (χ3v) is 5.47. The molecule has 0 fully saturated rings. The summed E-state index contributed by atoms with van der Waals surface area (Å²) in [4.78, 5) is 13.5. The van der Waals surface area contributed by atoms with Crippen molar-refractivity contribution in [3.8, 4) is 11.5 Å². The van der Waals surface area contributed by atoms with E-state index in [4.69, 9.17) is 20.9 Å². The smallest absolute Gasteiger partial charge is 0.225 e. The maximum Gasteiger partial charge on any atom is 0.225 e. The van der Waals surface area contributed by atoms with Gasteiger partial charge >= 0.3 is 0 Å². The number of rotatable bonds is 11. The minimum Gasteiger partial charge on any atom is -0.497 e.